The van der Waals surface area contributed by atoms with Crippen LogP contribution in [0.3, 0.4) is 0 Å². The molecule has 3 fully saturated rings. The number of fused-ring (bicyclic) bond motifs is 1. The molecule has 4 rings (SSSR count). The predicted octanol–water partition coefficient (Wildman–Crippen LogP) is 1.85. The number of epoxide rings is 1. The van der Waals surface area contributed by atoms with E-state index in [1.54, 1.807) is 0 Å². The maximum Gasteiger partial charge on any atom is 0.190 e. The lowest BCUT2D eigenvalue weighted by Gasteiger charge is -2.25. The highest BCUT2D eigenvalue weighted by Gasteiger charge is 2.59. The Labute approximate surface area is 124 Å². The second kappa shape index (κ2) is 5.04. The van der Waals surface area contributed by atoms with E-state index in [4.69, 9.17) is 23.7 Å². The predicted molar refractivity (Wildman–Crippen MR) is 73.5 cm³/mol. The van der Waals surface area contributed by atoms with Crippen molar-refractivity contribution in [3.63, 3.8) is 0 Å². The first-order valence-electron chi connectivity index (χ1n) is 7.41. The van der Waals surface area contributed by atoms with Crippen molar-refractivity contribution >= 4 is 0 Å². The summed E-state index contributed by atoms with van der Waals surface area (Å²) in [5, 5.41) is 0. The average molecular weight is 292 g/mol. The van der Waals surface area contributed by atoms with Crippen molar-refractivity contribution in [2.24, 2.45) is 0 Å². The molecular formula is C16H20O5. The van der Waals surface area contributed by atoms with Crippen LogP contribution in [0.1, 0.15) is 19.4 Å². The van der Waals surface area contributed by atoms with Crippen LogP contribution in [0, 0.1) is 0 Å². The quantitative estimate of drug-likeness (QED) is 0.793. The highest BCUT2D eigenvalue weighted by atomic mass is 16.8. The van der Waals surface area contributed by atoms with Crippen LogP contribution in [0.15, 0.2) is 30.3 Å². The monoisotopic (exact) mass is 292 g/mol. The average Bonchev–Trinajstić information content (AvgIpc) is 3.18. The lowest BCUT2D eigenvalue weighted by Crippen LogP contribution is -2.39. The summed E-state index contributed by atoms with van der Waals surface area (Å²) in [4.78, 5) is 0. The molecule has 114 valence electrons. The fourth-order valence-electron chi connectivity index (χ4n) is 3.01. The van der Waals surface area contributed by atoms with E-state index < -0.39 is 5.79 Å². The van der Waals surface area contributed by atoms with Crippen LogP contribution in [-0.2, 0) is 30.3 Å². The largest absolute Gasteiger partial charge is 0.370 e. The molecule has 0 spiro atoms. The molecule has 21 heavy (non-hydrogen) atoms. The van der Waals surface area contributed by atoms with Crippen LogP contribution in [0.5, 0.6) is 0 Å². The van der Waals surface area contributed by atoms with Crippen molar-refractivity contribution in [1.29, 1.82) is 0 Å². The summed E-state index contributed by atoms with van der Waals surface area (Å²) in [7, 11) is 0. The van der Waals surface area contributed by atoms with Gasteiger partial charge in [0.2, 0.25) is 0 Å². The van der Waals surface area contributed by atoms with Gasteiger partial charge in [-0.3, -0.25) is 0 Å². The van der Waals surface area contributed by atoms with Crippen molar-refractivity contribution in [3.05, 3.63) is 35.9 Å². The molecule has 1 aromatic carbocycles. The van der Waals surface area contributed by atoms with Gasteiger partial charge in [-0.25, -0.2) is 0 Å². The summed E-state index contributed by atoms with van der Waals surface area (Å²) >= 11 is 0. The SMILES string of the molecule is CC1(C)OC2OC(C3CO3)[C@H](OCc3ccccc3)C2O1. The van der Waals surface area contributed by atoms with Crippen molar-refractivity contribution in [3.8, 4) is 0 Å². The highest BCUT2D eigenvalue weighted by molar-refractivity contribution is 5.13. The zero-order valence-corrected chi connectivity index (χ0v) is 12.2. The van der Waals surface area contributed by atoms with Gasteiger partial charge >= 0.3 is 0 Å². The zero-order chi connectivity index (χ0) is 14.4. The minimum atomic E-state index is -0.626. The molecular weight excluding hydrogens is 272 g/mol. The first-order valence-corrected chi connectivity index (χ1v) is 7.41. The number of rotatable bonds is 4. The topological polar surface area (TPSA) is 49.5 Å². The lowest BCUT2D eigenvalue weighted by atomic mass is 10.1. The van der Waals surface area contributed by atoms with Gasteiger partial charge in [0.1, 0.15) is 24.4 Å². The van der Waals surface area contributed by atoms with Crippen LogP contribution in [-0.4, -0.2) is 43.1 Å². The normalized spacial score (nSPS) is 40.2. The molecule has 3 aliphatic heterocycles. The first kappa shape index (κ1) is 13.7. The first-order chi connectivity index (χ1) is 10.1. The Kier molecular flexibility index (Phi) is 3.28. The second-order valence-electron chi connectivity index (χ2n) is 6.20. The third kappa shape index (κ3) is 2.72. The summed E-state index contributed by atoms with van der Waals surface area (Å²) in [6.07, 6.45) is -0.733. The Balaban J connectivity index is 1.47. The molecule has 0 aromatic heterocycles. The molecule has 0 aliphatic carbocycles. The maximum atomic E-state index is 6.10. The van der Waals surface area contributed by atoms with E-state index in [9.17, 15) is 0 Å². The van der Waals surface area contributed by atoms with Crippen LogP contribution in [0.25, 0.3) is 0 Å². The van der Waals surface area contributed by atoms with E-state index in [-0.39, 0.29) is 30.7 Å². The third-order valence-corrected chi connectivity index (χ3v) is 4.04. The molecule has 3 saturated heterocycles. The maximum absolute atomic E-state index is 6.10. The van der Waals surface area contributed by atoms with E-state index in [1.165, 1.54) is 0 Å². The van der Waals surface area contributed by atoms with Gasteiger partial charge in [0, 0.05) is 0 Å². The number of hydrogen-bond donors (Lipinski definition) is 0. The van der Waals surface area contributed by atoms with Gasteiger partial charge in [0.05, 0.1) is 13.2 Å². The molecule has 5 atom stereocenters. The van der Waals surface area contributed by atoms with Crippen LogP contribution in [0.4, 0.5) is 0 Å². The molecule has 5 heteroatoms. The number of ether oxygens (including phenoxy) is 5. The molecule has 0 saturated carbocycles. The van der Waals surface area contributed by atoms with Crippen molar-refractivity contribution < 1.29 is 23.7 Å². The molecule has 1 aromatic rings. The number of hydrogen-bond acceptors (Lipinski definition) is 5. The van der Waals surface area contributed by atoms with Crippen LogP contribution in [0.2, 0.25) is 0 Å². The van der Waals surface area contributed by atoms with Crippen molar-refractivity contribution in [1.82, 2.24) is 0 Å². The fraction of sp³-hybridized carbons (Fsp3) is 0.625. The van der Waals surface area contributed by atoms with Gasteiger partial charge < -0.3 is 23.7 Å². The second-order valence-corrected chi connectivity index (χ2v) is 6.20. The zero-order valence-electron chi connectivity index (χ0n) is 12.2. The van der Waals surface area contributed by atoms with Gasteiger partial charge in [-0.05, 0) is 19.4 Å². The van der Waals surface area contributed by atoms with E-state index in [0.29, 0.717) is 6.61 Å². The molecule has 5 nitrogen and oxygen atoms in total. The standard InChI is InChI=1S/C16H20O5/c1-16(2)20-14-13(18-8-10-6-4-3-5-7-10)12(11-9-17-11)19-15(14)21-16/h3-7,11-15H,8-9H2,1-2H3/t11?,12?,13-,14?,15?/m0/s1. The minimum absolute atomic E-state index is 0.103. The highest BCUT2D eigenvalue weighted by Crippen LogP contribution is 2.42. The van der Waals surface area contributed by atoms with Gasteiger partial charge in [0.25, 0.3) is 0 Å². The molecule has 3 aliphatic rings. The van der Waals surface area contributed by atoms with E-state index in [0.717, 1.165) is 12.2 Å². The molecule has 0 N–H and O–H groups in total. The van der Waals surface area contributed by atoms with E-state index in [2.05, 4.69) is 0 Å². The van der Waals surface area contributed by atoms with E-state index in [1.807, 2.05) is 44.2 Å². The summed E-state index contributed by atoms with van der Waals surface area (Å²) in [5.74, 6) is -0.626. The Morgan fingerprint density at radius 1 is 1.14 bits per heavy atom. The van der Waals surface area contributed by atoms with Gasteiger partial charge in [-0.15, -0.1) is 0 Å². The molecule has 4 unspecified atom stereocenters. The van der Waals surface area contributed by atoms with Crippen molar-refractivity contribution in [2.45, 2.75) is 56.9 Å². The van der Waals surface area contributed by atoms with Gasteiger partial charge in [-0.2, -0.15) is 0 Å². The molecule has 0 bridgehead atoms. The van der Waals surface area contributed by atoms with E-state index >= 15 is 0 Å². The van der Waals surface area contributed by atoms with Gasteiger partial charge in [-0.1, -0.05) is 30.3 Å². The Morgan fingerprint density at radius 2 is 1.90 bits per heavy atom. The summed E-state index contributed by atoms with van der Waals surface area (Å²) in [6, 6.07) is 10.1. The molecule has 3 heterocycles. The Bertz CT molecular complexity index is 499. The molecule has 0 radical (unpaired) electrons. The third-order valence-electron chi connectivity index (χ3n) is 4.04. The summed E-state index contributed by atoms with van der Waals surface area (Å²) in [5.41, 5.74) is 1.13. The Hall–Kier alpha value is -0.980. The summed E-state index contributed by atoms with van der Waals surface area (Å²) in [6.45, 7) is 5.04. The van der Waals surface area contributed by atoms with Crippen molar-refractivity contribution in [2.75, 3.05) is 6.61 Å². The van der Waals surface area contributed by atoms with Crippen LogP contribution >= 0.6 is 0 Å². The minimum Gasteiger partial charge on any atom is -0.370 e. The Morgan fingerprint density at radius 3 is 2.62 bits per heavy atom. The van der Waals surface area contributed by atoms with Crippen LogP contribution < -0.4 is 0 Å². The summed E-state index contributed by atoms with van der Waals surface area (Å²) < 4.78 is 29.2. The lowest BCUT2D eigenvalue weighted by molar-refractivity contribution is -0.221. The number of benzene rings is 1. The van der Waals surface area contributed by atoms with Gasteiger partial charge in [0.15, 0.2) is 12.1 Å². The smallest absolute Gasteiger partial charge is 0.190 e. The fourth-order valence-corrected chi connectivity index (χ4v) is 3.01. The molecule has 0 amide bonds.